The van der Waals surface area contributed by atoms with Crippen LogP contribution in [0.25, 0.3) is 0 Å². The van der Waals surface area contributed by atoms with Gasteiger partial charge in [-0.2, -0.15) is 0 Å². The van der Waals surface area contributed by atoms with E-state index in [9.17, 15) is 9.59 Å². The van der Waals surface area contributed by atoms with E-state index in [0.29, 0.717) is 45.7 Å². The van der Waals surface area contributed by atoms with Gasteiger partial charge in [0, 0.05) is 38.8 Å². The molecule has 0 spiro atoms. The lowest BCUT2D eigenvalue weighted by atomic mass is 9.86. The van der Waals surface area contributed by atoms with Crippen molar-refractivity contribution in [1.82, 2.24) is 10.2 Å². The van der Waals surface area contributed by atoms with Gasteiger partial charge in [-0.3, -0.25) is 9.59 Å². The fourth-order valence-corrected chi connectivity index (χ4v) is 2.60. The predicted molar refractivity (Wildman–Crippen MR) is 90.9 cm³/mol. The summed E-state index contributed by atoms with van der Waals surface area (Å²) in [5.41, 5.74) is 5.80. The molecule has 0 radical (unpaired) electrons. The largest absolute Gasteiger partial charge is 0.382 e. The molecule has 0 aromatic heterocycles. The maximum atomic E-state index is 12.4. The summed E-state index contributed by atoms with van der Waals surface area (Å²) in [4.78, 5) is 26.3. The normalized spacial score (nSPS) is 17.9. The standard InChI is InChI=1S/C17H33N3O3/c1-5-23-12-6-9-19-15(21)13-7-10-20(11-8-13)16(22)14(18)17(2,3)4/h13-14H,5-12,18H2,1-4H3,(H,19,21)/t14-/m1/s1. The van der Waals surface area contributed by atoms with Crippen molar-refractivity contribution in [1.29, 1.82) is 0 Å². The van der Waals surface area contributed by atoms with Crippen LogP contribution >= 0.6 is 0 Å². The van der Waals surface area contributed by atoms with E-state index in [1.807, 2.05) is 27.7 Å². The van der Waals surface area contributed by atoms with Crippen LogP contribution in [0.5, 0.6) is 0 Å². The number of nitrogens with two attached hydrogens (primary N) is 1. The number of amides is 2. The predicted octanol–water partition coefficient (Wildman–Crippen LogP) is 1.14. The van der Waals surface area contributed by atoms with Crippen LogP contribution in [0.1, 0.15) is 47.0 Å². The van der Waals surface area contributed by atoms with Crippen molar-refractivity contribution in [3.63, 3.8) is 0 Å². The molecule has 2 amide bonds. The first-order valence-electron chi connectivity index (χ1n) is 8.67. The van der Waals surface area contributed by atoms with Gasteiger partial charge in [-0.15, -0.1) is 0 Å². The van der Waals surface area contributed by atoms with Crippen molar-refractivity contribution < 1.29 is 14.3 Å². The zero-order valence-corrected chi connectivity index (χ0v) is 15.1. The lowest BCUT2D eigenvalue weighted by Gasteiger charge is -2.36. The van der Waals surface area contributed by atoms with Gasteiger partial charge in [0.05, 0.1) is 6.04 Å². The molecule has 0 aliphatic carbocycles. The minimum atomic E-state index is -0.494. The minimum absolute atomic E-state index is 0.00277. The van der Waals surface area contributed by atoms with E-state index in [1.165, 1.54) is 0 Å². The molecule has 23 heavy (non-hydrogen) atoms. The summed E-state index contributed by atoms with van der Waals surface area (Å²) in [7, 11) is 0. The van der Waals surface area contributed by atoms with Crippen molar-refractivity contribution >= 4 is 11.8 Å². The number of carbonyl (C=O) groups is 2. The Morgan fingerprint density at radius 2 is 1.91 bits per heavy atom. The molecule has 1 saturated heterocycles. The number of piperidine rings is 1. The van der Waals surface area contributed by atoms with Gasteiger partial charge in [0.2, 0.25) is 11.8 Å². The molecule has 1 rings (SSSR count). The second kappa shape index (κ2) is 9.23. The van der Waals surface area contributed by atoms with Crippen molar-refractivity contribution in [2.75, 3.05) is 32.8 Å². The number of hydrogen-bond acceptors (Lipinski definition) is 4. The van der Waals surface area contributed by atoms with Gasteiger partial charge in [-0.1, -0.05) is 20.8 Å². The van der Waals surface area contributed by atoms with Crippen LogP contribution in [-0.2, 0) is 14.3 Å². The van der Waals surface area contributed by atoms with E-state index >= 15 is 0 Å². The maximum Gasteiger partial charge on any atom is 0.240 e. The molecule has 0 aromatic rings. The molecule has 1 heterocycles. The highest BCUT2D eigenvalue weighted by Gasteiger charge is 2.34. The Morgan fingerprint density at radius 3 is 2.43 bits per heavy atom. The highest BCUT2D eigenvalue weighted by molar-refractivity contribution is 5.83. The first-order valence-corrected chi connectivity index (χ1v) is 8.67. The smallest absolute Gasteiger partial charge is 0.240 e. The Balaban J connectivity index is 2.32. The monoisotopic (exact) mass is 327 g/mol. The fraction of sp³-hybridized carbons (Fsp3) is 0.882. The number of rotatable bonds is 7. The molecule has 1 fully saturated rings. The van der Waals surface area contributed by atoms with E-state index in [4.69, 9.17) is 10.5 Å². The van der Waals surface area contributed by atoms with Crippen LogP contribution in [0.15, 0.2) is 0 Å². The summed E-state index contributed by atoms with van der Waals surface area (Å²) >= 11 is 0. The highest BCUT2D eigenvalue weighted by Crippen LogP contribution is 2.23. The van der Waals surface area contributed by atoms with E-state index in [0.717, 1.165) is 6.42 Å². The van der Waals surface area contributed by atoms with Crippen molar-refractivity contribution in [2.24, 2.45) is 17.1 Å². The molecule has 0 bridgehead atoms. The van der Waals surface area contributed by atoms with E-state index in [2.05, 4.69) is 5.32 Å². The van der Waals surface area contributed by atoms with Crippen LogP contribution in [0.2, 0.25) is 0 Å². The zero-order valence-electron chi connectivity index (χ0n) is 15.1. The highest BCUT2D eigenvalue weighted by atomic mass is 16.5. The number of carbonyl (C=O) groups excluding carboxylic acids is 2. The van der Waals surface area contributed by atoms with Crippen molar-refractivity contribution in [2.45, 2.75) is 53.0 Å². The second-order valence-corrected chi connectivity index (χ2v) is 7.28. The minimum Gasteiger partial charge on any atom is -0.382 e. The van der Waals surface area contributed by atoms with Crippen LogP contribution in [0.3, 0.4) is 0 Å². The molecule has 6 nitrogen and oxygen atoms in total. The Hall–Kier alpha value is -1.14. The number of likely N-dealkylation sites (tertiary alicyclic amines) is 1. The number of nitrogens with zero attached hydrogens (tertiary/aromatic N) is 1. The average molecular weight is 327 g/mol. The maximum absolute atomic E-state index is 12.4. The average Bonchev–Trinajstić information content (AvgIpc) is 2.52. The molecule has 3 N–H and O–H groups in total. The summed E-state index contributed by atoms with van der Waals surface area (Å²) in [6, 6.07) is -0.494. The third kappa shape index (κ3) is 6.47. The SMILES string of the molecule is CCOCCCNC(=O)C1CCN(C(=O)[C@@H](N)C(C)(C)C)CC1. The van der Waals surface area contributed by atoms with Crippen molar-refractivity contribution in [3.8, 4) is 0 Å². The van der Waals surface area contributed by atoms with Gasteiger partial charge in [0.15, 0.2) is 0 Å². The number of nitrogens with one attached hydrogen (secondary N) is 1. The lowest BCUT2D eigenvalue weighted by Crippen LogP contribution is -2.53. The van der Waals surface area contributed by atoms with Gasteiger partial charge in [0.1, 0.15) is 0 Å². The van der Waals surface area contributed by atoms with Crippen molar-refractivity contribution in [3.05, 3.63) is 0 Å². The third-order valence-corrected chi connectivity index (χ3v) is 4.35. The lowest BCUT2D eigenvalue weighted by molar-refractivity contribution is -0.138. The van der Waals surface area contributed by atoms with Gasteiger partial charge >= 0.3 is 0 Å². The van der Waals surface area contributed by atoms with Gasteiger partial charge < -0.3 is 20.7 Å². The van der Waals surface area contributed by atoms with E-state index < -0.39 is 6.04 Å². The van der Waals surface area contributed by atoms with Crippen LogP contribution in [0.4, 0.5) is 0 Å². The quantitative estimate of drug-likeness (QED) is 0.687. The molecule has 6 heteroatoms. The van der Waals surface area contributed by atoms with E-state index in [-0.39, 0.29) is 23.1 Å². The summed E-state index contributed by atoms with van der Waals surface area (Å²) in [5, 5.41) is 2.96. The molecule has 1 aliphatic rings. The van der Waals surface area contributed by atoms with Crippen LogP contribution in [0, 0.1) is 11.3 Å². The molecular weight excluding hydrogens is 294 g/mol. The fourth-order valence-electron chi connectivity index (χ4n) is 2.60. The number of hydrogen-bond donors (Lipinski definition) is 2. The third-order valence-electron chi connectivity index (χ3n) is 4.35. The summed E-state index contributed by atoms with van der Waals surface area (Å²) < 4.78 is 5.24. The molecule has 1 aliphatic heterocycles. The summed E-state index contributed by atoms with van der Waals surface area (Å²) in [5.74, 6) is 0.0822. The van der Waals surface area contributed by atoms with Crippen LogP contribution < -0.4 is 11.1 Å². The molecule has 0 aromatic carbocycles. The van der Waals surface area contributed by atoms with Crippen LogP contribution in [-0.4, -0.2) is 55.6 Å². The van der Waals surface area contributed by atoms with Gasteiger partial charge in [-0.25, -0.2) is 0 Å². The van der Waals surface area contributed by atoms with Gasteiger partial charge in [0.25, 0.3) is 0 Å². The Kier molecular flexibility index (Phi) is 7.99. The summed E-state index contributed by atoms with van der Waals surface area (Å²) in [6.45, 7) is 11.1. The summed E-state index contributed by atoms with van der Waals surface area (Å²) in [6.07, 6.45) is 2.25. The van der Waals surface area contributed by atoms with E-state index in [1.54, 1.807) is 4.90 Å². The molecule has 134 valence electrons. The molecular formula is C17H33N3O3. The first-order chi connectivity index (χ1) is 10.8. The zero-order chi connectivity index (χ0) is 17.5. The second-order valence-electron chi connectivity index (χ2n) is 7.28. The van der Waals surface area contributed by atoms with Gasteiger partial charge in [-0.05, 0) is 31.6 Å². The Bertz CT molecular complexity index is 385. The number of ether oxygens (including phenoxy) is 1. The molecule has 0 saturated carbocycles. The molecule has 0 unspecified atom stereocenters. The first kappa shape index (κ1) is 19.9. The Morgan fingerprint density at radius 1 is 1.30 bits per heavy atom. The Labute approximate surface area is 140 Å². The topological polar surface area (TPSA) is 84.7 Å². The molecule has 1 atom stereocenters.